The molecule has 0 unspecified atom stereocenters. The predicted octanol–water partition coefficient (Wildman–Crippen LogP) is 8.36. The third-order valence-corrected chi connectivity index (χ3v) is 11.2. The van der Waals surface area contributed by atoms with Crippen molar-refractivity contribution in [2.45, 2.75) is 69.0 Å². The summed E-state index contributed by atoms with van der Waals surface area (Å²) in [6.45, 7) is 7.66. The van der Waals surface area contributed by atoms with Gasteiger partial charge < -0.3 is 23.7 Å². The number of thioether (sulfide) groups is 1. The van der Waals surface area contributed by atoms with Crippen molar-refractivity contribution >= 4 is 11.8 Å². The molecule has 3 aliphatic rings. The van der Waals surface area contributed by atoms with E-state index in [1.165, 1.54) is 33.4 Å². The average Bonchev–Trinajstić information content (AvgIpc) is 3.57. The topological polar surface area (TPSA) is 46.2 Å². The van der Waals surface area contributed by atoms with Gasteiger partial charge in [0.1, 0.15) is 25.1 Å². The number of hydrogen-bond donors (Lipinski definition) is 0. The van der Waals surface area contributed by atoms with E-state index in [2.05, 4.69) is 111 Å². The highest BCUT2D eigenvalue weighted by Gasteiger charge is 2.45. The van der Waals surface area contributed by atoms with E-state index in [0.29, 0.717) is 37.6 Å². The Bertz CT molecular complexity index is 1580. The van der Waals surface area contributed by atoms with E-state index in [9.17, 15) is 0 Å². The summed E-state index contributed by atoms with van der Waals surface area (Å²) in [4.78, 5) is 0. The molecule has 234 valence electrons. The van der Waals surface area contributed by atoms with Crippen LogP contribution in [-0.4, -0.2) is 37.3 Å². The Morgan fingerprint density at radius 2 is 1.40 bits per heavy atom. The van der Waals surface area contributed by atoms with Crippen LogP contribution in [0.1, 0.15) is 58.9 Å². The first-order valence-electron chi connectivity index (χ1n) is 16.3. The summed E-state index contributed by atoms with van der Waals surface area (Å²) in [6, 6.07) is 32.0. The SMILES string of the molecule is CC[C@H]1S[C@@H](c2cc3c(c(Cc4ccc5c(c4)OCCO5)c2)OCC3)[C@H](OCc2ccccc2)[C@@H](OCc2ccccc2)[C@@H]1C. The molecule has 0 aromatic heterocycles. The molecule has 6 heteroatoms. The number of hydrogen-bond acceptors (Lipinski definition) is 6. The van der Waals surface area contributed by atoms with Crippen LogP contribution in [0.15, 0.2) is 91.0 Å². The lowest BCUT2D eigenvalue weighted by molar-refractivity contribution is -0.112. The van der Waals surface area contributed by atoms with Crippen LogP contribution in [0.5, 0.6) is 17.2 Å². The lowest BCUT2D eigenvalue weighted by Crippen LogP contribution is -2.48. The largest absolute Gasteiger partial charge is 0.493 e. The molecule has 1 saturated heterocycles. The fourth-order valence-electron chi connectivity index (χ4n) is 6.90. The van der Waals surface area contributed by atoms with Crippen LogP contribution in [0.3, 0.4) is 0 Å². The van der Waals surface area contributed by atoms with E-state index in [4.69, 9.17) is 23.7 Å². The number of rotatable bonds is 10. The second-order valence-electron chi connectivity index (χ2n) is 12.3. The van der Waals surface area contributed by atoms with Gasteiger partial charge in [0.2, 0.25) is 0 Å². The van der Waals surface area contributed by atoms with Crippen molar-refractivity contribution in [2.75, 3.05) is 19.8 Å². The number of fused-ring (bicyclic) bond motifs is 2. The molecular weight excluding hydrogens is 580 g/mol. The first-order chi connectivity index (χ1) is 22.2. The number of ether oxygens (including phenoxy) is 5. The van der Waals surface area contributed by atoms with Gasteiger partial charge >= 0.3 is 0 Å². The van der Waals surface area contributed by atoms with E-state index >= 15 is 0 Å². The van der Waals surface area contributed by atoms with Gasteiger partial charge in [0.25, 0.3) is 0 Å². The van der Waals surface area contributed by atoms with Gasteiger partial charge in [-0.25, -0.2) is 0 Å². The molecule has 5 nitrogen and oxygen atoms in total. The zero-order valence-electron chi connectivity index (χ0n) is 26.2. The minimum Gasteiger partial charge on any atom is -0.493 e. The molecule has 0 amide bonds. The van der Waals surface area contributed by atoms with Crippen LogP contribution in [-0.2, 0) is 35.5 Å². The van der Waals surface area contributed by atoms with Crippen molar-refractivity contribution in [2.24, 2.45) is 5.92 Å². The lowest BCUT2D eigenvalue weighted by Gasteiger charge is -2.45. The summed E-state index contributed by atoms with van der Waals surface area (Å²) in [7, 11) is 0. The maximum atomic E-state index is 6.93. The molecule has 0 spiro atoms. The molecular formula is C39H42O5S. The standard InChI is InChI=1S/C39H42O5S/c1-3-35-26(2)36(43-24-27-10-6-4-7-11-27)38(44-25-28-12-8-5-9-13-28)39(45-35)32-22-30-16-17-42-37(30)31(23-32)20-29-14-15-33-34(21-29)41-19-18-40-33/h4-15,21-23,26,35-36,38-39H,3,16-20,24-25H2,1-2H3/t26-,35-,36+,38-,39+/m1/s1. The molecule has 45 heavy (non-hydrogen) atoms. The second-order valence-corrected chi connectivity index (χ2v) is 13.7. The van der Waals surface area contributed by atoms with Crippen molar-refractivity contribution in [3.8, 4) is 17.2 Å². The van der Waals surface area contributed by atoms with E-state index < -0.39 is 0 Å². The predicted molar refractivity (Wildman–Crippen MR) is 179 cm³/mol. The molecule has 5 atom stereocenters. The zero-order valence-corrected chi connectivity index (χ0v) is 27.0. The van der Waals surface area contributed by atoms with Crippen LogP contribution in [0.2, 0.25) is 0 Å². The summed E-state index contributed by atoms with van der Waals surface area (Å²) in [5.41, 5.74) is 7.35. The second kappa shape index (κ2) is 13.9. The van der Waals surface area contributed by atoms with Crippen molar-refractivity contribution in [1.82, 2.24) is 0 Å². The molecule has 0 saturated carbocycles. The highest BCUT2D eigenvalue weighted by atomic mass is 32.2. The van der Waals surface area contributed by atoms with Crippen molar-refractivity contribution in [3.63, 3.8) is 0 Å². The Morgan fingerprint density at radius 1 is 0.711 bits per heavy atom. The van der Waals surface area contributed by atoms with E-state index in [1.54, 1.807) is 0 Å². The quantitative estimate of drug-likeness (QED) is 0.177. The molecule has 0 bridgehead atoms. The molecule has 3 aliphatic heterocycles. The number of benzene rings is 4. The third-order valence-electron chi connectivity index (χ3n) is 9.23. The highest BCUT2D eigenvalue weighted by Crippen LogP contribution is 2.50. The highest BCUT2D eigenvalue weighted by molar-refractivity contribution is 8.00. The molecule has 1 fully saturated rings. The van der Waals surface area contributed by atoms with Gasteiger partial charge in [0.05, 0.1) is 31.2 Å². The van der Waals surface area contributed by atoms with Gasteiger partial charge in [0, 0.05) is 18.1 Å². The minimum atomic E-state index is -0.112. The first kappa shape index (κ1) is 30.2. The molecule has 0 aliphatic carbocycles. The van der Waals surface area contributed by atoms with Gasteiger partial charge in [0.15, 0.2) is 11.5 Å². The van der Waals surface area contributed by atoms with Gasteiger partial charge in [-0.15, -0.1) is 11.8 Å². The van der Waals surface area contributed by atoms with Gasteiger partial charge in [-0.05, 0) is 57.9 Å². The van der Waals surface area contributed by atoms with Crippen molar-refractivity contribution in [1.29, 1.82) is 0 Å². The zero-order chi connectivity index (χ0) is 30.6. The summed E-state index contributed by atoms with van der Waals surface area (Å²) in [6.07, 6.45) is 2.61. The van der Waals surface area contributed by atoms with Gasteiger partial charge in [-0.2, -0.15) is 0 Å². The summed E-state index contributed by atoms with van der Waals surface area (Å²) in [5, 5.41) is 0.582. The molecule has 4 aromatic carbocycles. The summed E-state index contributed by atoms with van der Waals surface area (Å²) >= 11 is 2.06. The Balaban J connectivity index is 1.23. The Hall–Kier alpha value is -3.45. The van der Waals surface area contributed by atoms with E-state index in [-0.39, 0.29) is 17.5 Å². The Kier molecular flexibility index (Phi) is 9.33. The molecule has 7 rings (SSSR count). The fourth-order valence-corrected chi connectivity index (χ4v) is 8.55. The van der Waals surface area contributed by atoms with Gasteiger partial charge in [-0.1, -0.05) is 92.7 Å². The Morgan fingerprint density at radius 3 is 2.11 bits per heavy atom. The fraction of sp³-hybridized carbons (Fsp3) is 0.385. The smallest absolute Gasteiger partial charge is 0.161 e. The molecule has 0 radical (unpaired) electrons. The first-order valence-corrected chi connectivity index (χ1v) is 17.2. The van der Waals surface area contributed by atoms with E-state index in [1.807, 2.05) is 6.07 Å². The molecule has 3 heterocycles. The van der Waals surface area contributed by atoms with Crippen molar-refractivity contribution < 1.29 is 23.7 Å². The summed E-state index contributed by atoms with van der Waals surface area (Å²) in [5.74, 6) is 3.02. The van der Waals surface area contributed by atoms with Crippen molar-refractivity contribution in [3.05, 3.63) is 124 Å². The minimum absolute atomic E-state index is 0.0455. The third kappa shape index (κ3) is 6.74. The normalized spacial score (nSPS) is 23.7. The molecule has 4 aromatic rings. The maximum Gasteiger partial charge on any atom is 0.161 e. The average molecular weight is 623 g/mol. The van der Waals surface area contributed by atoms with Crippen LogP contribution >= 0.6 is 11.8 Å². The molecule has 0 N–H and O–H groups in total. The van der Waals surface area contributed by atoms with Gasteiger partial charge in [-0.3, -0.25) is 0 Å². The van der Waals surface area contributed by atoms with E-state index in [0.717, 1.165) is 43.1 Å². The monoisotopic (exact) mass is 622 g/mol. The lowest BCUT2D eigenvalue weighted by atomic mass is 9.88. The summed E-state index contributed by atoms with van der Waals surface area (Å²) < 4.78 is 31.7. The Labute approximate surface area is 271 Å². The maximum absolute atomic E-state index is 6.93. The van der Waals surface area contributed by atoms with Crippen LogP contribution < -0.4 is 14.2 Å². The van der Waals surface area contributed by atoms with Crippen LogP contribution in [0.4, 0.5) is 0 Å². The van der Waals surface area contributed by atoms with Crippen LogP contribution in [0.25, 0.3) is 0 Å². The van der Waals surface area contributed by atoms with Crippen LogP contribution in [0, 0.1) is 5.92 Å².